The highest BCUT2D eigenvalue weighted by Crippen LogP contribution is 2.18. The first kappa shape index (κ1) is 15.3. The molecule has 6 heteroatoms. The van der Waals surface area contributed by atoms with Gasteiger partial charge >= 0.3 is 0 Å². The Kier molecular flexibility index (Phi) is 4.75. The summed E-state index contributed by atoms with van der Waals surface area (Å²) < 4.78 is 13.3. The first-order valence-corrected chi connectivity index (χ1v) is 6.78. The molecule has 0 saturated heterocycles. The number of carbonyl (C=O) groups is 1. The second-order valence-corrected chi connectivity index (χ2v) is 4.98. The average molecular weight is 308 g/mol. The number of anilines is 1. The van der Waals surface area contributed by atoms with Gasteiger partial charge in [0.2, 0.25) is 0 Å². The van der Waals surface area contributed by atoms with Crippen molar-refractivity contribution in [3.8, 4) is 0 Å². The minimum Gasteiger partial charge on any atom is -0.372 e. The summed E-state index contributed by atoms with van der Waals surface area (Å²) in [6.45, 7) is 1.84. The number of benzene rings is 1. The molecule has 1 heterocycles. The van der Waals surface area contributed by atoms with E-state index >= 15 is 0 Å². The van der Waals surface area contributed by atoms with Crippen molar-refractivity contribution in [1.29, 1.82) is 0 Å². The van der Waals surface area contributed by atoms with Crippen molar-refractivity contribution in [2.24, 2.45) is 0 Å². The van der Waals surface area contributed by atoms with Gasteiger partial charge in [0.05, 0.1) is 17.8 Å². The van der Waals surface area contributed by atoms with Crippen molar-refractivity contribution in [2.45, 2.75) is 13.0 Å². The number of aromatic nitrogens is 1. The molecule has 0 spiro atoms. The van der Waals surface area contributed by atoms with Crippen molar-refractivity contribution in [1.82, 2.24) is 10.3 Å². The summed E-state index contributed by atoms with van der Waals surface area (Å²) in [6, 6.07) is 8.09. The normalized spacial score (nSPS) is 11.8. The second kappa shape index (κ2) is 6.54. The standard InChI is InChI=1S/C15H15ClFN3O/c1-9(10-3-5-11(16)6-4-10)20-15(21)13-7-12(17)8-19-14(13)18-2/h3-9H,1-2H3,(H,18,19)(H,20,21). The van der Waals surface area contributed by atoms with E-state index in [1.807, 2.05) is 19.1 Å². The van der Waals surface area contributed by atoms with E-state index in [1.165, 1.54) is 0 Å². The molecule has 0 fully saturated rings. The maximum atomic E-state index is 13.3. The van der Waals surface area contributed by atoms with Gasteiger partial charge < -0.3 is 10.6 Å². The lowest BCUT2D eigenvalue weighted by molar-refractivity contribution is 0.0940. The van der Waals surface area contributed by atoms with E-state index in [2.05, 4.69) is 15.6 Å². The second-order valence-electron chi connectivity index (χ2n) is 4.55. The molecule has 0 bridgehead atoms. The van der Waals surface area contributed by atoms with Crippen molar-refractivity contribution < 1.29 is 9.18 Å². The van der Waals surface area contributed by atoms with Gasteiger partial charge in [0.25, 0.3) is 5.91 Å². The number of hydrogen-bond donors (Lipinski definition) is 2. The highest BCUT2D eigenvalue weighted by molar-refractivity contribution is 6.30. The van der Waals surface area contributed by atoms with Crippen LogP contribution >= 0.6 is 11.6 Å². The highest BCUT2D eigenvalue weighted by atomic mass is 35.5. The van der Waals surface area contributed by atoms with Crippen LogP contribution in [0.1, 0.15) is 28.9 Å². The van der Waals surface area contributed by atoms with E-state index in [0.29, 0.717) is 10.8 Å². The number of nitrogens with one attached hydrogen (secondary N) is 2. The molecular weight excluding hydrogens is 293 g/mol. The zero-order valence-corrected chi connectivity index (χ0v) is 12.4. The SMILES string of the molecule is CNc1ncc(F)cc1C(=O)NC(C)c1ccc(Cl)cc1. The Labute approximate surface area is 127 Å². The van der Waals surface area contributed by atoms with Gasteiger partial charge in [-0.25, -0.2) is 9.37 Å². The maximum Gasteiger partial charge on any atom is 0.255 e. The van der Waals surface area contributed by atoms with Crippen LogP contribution in [0.2, 0.25) is 5.02 Å². The molecule has 2 N–H and O–H groups in total. The zero-order chi connectivity index (χ0) is 15.4. The van der Waals surface area contributed by atoms with Gasteiger partial charge in [0.15, 0.2) is 0 Å². The predicted molar refractivity (Wildman–Crippen MR) is 81.1 cm³/mol. The topological polar surface area (TPSA) is 54.0 Å². The monoisotopic (exact) mass is 307 g/mol. The molecule has 1 unspecified atom stereocenters. The van der Waals surface area contributed by atoms with Crippen LogP contribution in [0.5, 0.6) is 0 Å². The molecule has 1 aromatic heterocycles. The van der Waals surface area contributed by atoms with Crippen LogP contribution in [0.4, 0.5) is 10.2 Å². The molecule has 2 rings (SSSR count). The lowest BCUT2D eigenvalue weighted by Crippen LogP contribution is -2.27. The highest BCUT2D eigenvalue weighted by Gasteiger charge is 2.16. The third kappa shape index (κ3) is 3.70. The van der Waals surface area contributed by atoms with Gasteiger partial charge in [-0.3, -0.25) is 4.79 Å². The first-order valence-electron chi connectivity index (χ1n) is 6.41. The summed E-state index contributed by atoms with van der Waals surface area (Å²) in [6.07, 6.45) is 1.06. The largest absolute Gasteiger partial charge is 0.372 e. The third-order valence-electron chi connectivity index (χ3n) is 3.05. The number of hydrogen-bond acceptors (Lipinski definition) is 3. The number of nitrogens with zero attached hydrogens (tertiary/aromatic N) is 1. The van der Waals surface area contributed by atoms with Gasteiger partial charge in [-0.2, -0.15) is 0 Å². The van der Waals surface area contributed by atoms with Crippen LogP contribution in [-0.4, -0.2) is 17.9 Å². The molecule has 0 aliphatic carbocycles. The van der Waals surface area contributed by atoms with Crippen LogP contribution in [0.3, 0.4) is 0 Å². The summed E-state index contributed by atoms with van der Waals surface area (Å²) in [4.78, 5) is 16.1. The Hall–Kier alpha value is -2.14. The van der Waals surface area contributed by atoms with Gasteiger partial charge in [-0.1, -0.05) is 23.7 Å². The minimum atomic E-state index is -0.557. The number of pyridine rings is 1. The van der Waals surface area contributed by atoms with Gasteiger partial charge in [0.1, 0.15) is 11.6 Å². The molecule has 1 atom stereocenters. The van der Waals surface area contributed by atoms with E-state index in [4.69, 9.17) is 11.6 Å². The Morgan fingerprint density at radius 2 is 2.00 bits per heavy atom. The molecule has 0 aliphatic heterocycles. The van der Waals surface area contributed by atoms with E-state index in [1.54, 1.807) is 19.2 Å². The molecule has 1 amide bonds. The molecule has 0 aliphatic rings. The number of amides is 1. The summed E-state index contributed by atoms with van der Waals surface area (Å²) in [5.74, 6) is -0.621. The Bertz CT molecular complexity index is 646. The maximum absolute atomic E-state index is 13.3. The Balaban J connectivity index is 2.17. The molecule has 0 radical (unpaired) electrons. The summed E-state index contributed by atoms with van der Waals surface area (Å²) in [7, 11) is 1.62. The van der Waals surface area contributed by atoms with E-state index in [-0.39, 0.29) is 11.6 Å². The first-order chi connectivity index (χ1) is 10.0. The van der Waals surface area contributed by atoms with Crippen molar-refractivity contribution in [3.05, 3.63) is 58.5 Å². The summed E-state index contributed by atoms with van der Waals surface area (Å²) in [5, 5.41) is 6.20. The number of rotatable bonds is 4. The smallest absolute Gasteiger partial charge is 0.255 e. The van der Waals surface area contributed by atoms with Crippen molar-refractivity contribution >= 4 is 23.3 Å². The Morgan fingerprint density at radius 1 is 1.33 bits per heavy atom. The van der Waals surface area contributed by atoms with Gasteiger partial charge in [-0.15, -0.1) is 0 Å². The van der Waals surface area contributed by atoms with Crippen LogP contribution in [0, 0.1) is 5.82 Å². The summed E-state index contributed by atoms with van der Waals surface area (Å²) >= 11 is 5.83. The predicted octanol–water partition coefficient (Wildman–Crippen LogP) is 3.41. The van der Waals surface area contributed by atoms with Crippen LogP contribution in [-0.2, 0) is 0 Å². The molecule has 0 saturated carbocycles. The van der Waals surface area contributed by atoms with E-state index in [0.717, 1.165) is 17.8 Å². The van der Waals surface area contributed by atoms with Crippen LogP contribution in [0.25, 0.3) is 0 Å². The number of halogens is 2. The molecule has 21 heavy (non-hydrogen) atoms. The fourth-order valence-electron chi connectivity index (χ4n) is 1.92. The van der Waals surface area contributed by atoms with Gasteiger partial charge in [-0.05, 0) is 30.7 Å². The van der Waals surface area contributed by atoms with Crippen molar-refractivity contribution in [3.63, 3.8) is 0 Å². The molecule has 2 aromatic rings. The third-order valence-corrected chi connectivity index (χ3v) is 3.31. The molecule has 110 valence electrons. The number of carbonyl (C=O) groups excluding carboxylic acids is 1. The van der Waals surface area contributed by atoms with Crippen LogP contribution < -0.4 is 10.6 Å². The molecule has 4 nitrogen and oxygen atoms in total. The lowest BCUT2D eigenvalue weighted by atomic mass is 10.1. The van der Waals surface area contributed by atoms with E-state index < -0.39 is 11.7 Å². The van der Waals surface area contributed by atoms with Gasteiger partial charge in [0, 0.05) is 12.1 Å². The lowest BCUT2D eigenvalue weighted by Gasteiger charge is -2.15. The fraction of sp³-hybridized carbons (Fsp3) is 0.200. The average Bonchev–Trinajstić information content (AvgIpc) is 2.47. The van der Waals surface area contributed by atoms with E-state index in [9.17, 15) is 9.18 Å². The summed E-state index contributed by atoms with van der Waals surface area (Å²) in [5.41, 5.74) is 1.07. The van der Waals surface area contributed by atoms with Crippen molar-refractivity contribution in [2.75, 3.05) is 12.4 Å². The Morgan fingerprint density at radius 3 is 2.62 bits per heavy atom. The minimum absolute atomic E-state index is 0.165. The molecule has 1 aromatic carbocycles. The van der Waals surface area contributed by atoms with Crippen LogP contribution in [0.15, 0.2) is 36.5 Å². The molecular formula is C15H15ClFN3O. The zero-order valence-electron chi connectivity index (χ0n) is 11.7. The fourth-order valence-corrected chi connectivity index (χ4v) is 2.05. The quantitative estimate of drug-likeness (QED) is 0.910.